The lowest BCUT2D eigenvalue weighted by molar-refractivity contribution is 0.404. The zero-order valence-corrected chi connectivity index (χ0v) is 11.8. The van der Waals surface area contributed by atoms with Gasteiger partial charge in [-0.2, -0.15) is 4.98 Å². The van der Waals surface area contributed by atoms with Gasteiger partial charge in [-0.15, -0.1) is 11.3 Å². The molecule has 0 saturated carbocycles. The molecule has 3 aromatic rings. The molecule has 4 nitrogen and oxygen atoms in total. The van der Waals surface area contributed by atoms with Crippen molar-refractivity contribution in [2.24, 2.45) is 0 Å². The molecule has 0 atom stereocenters. The minimum absolute atomic E-state index is 0.569. The molecule has 0 radical (unpaired) electrons. The molecule has 18 heavy (non-hydrogen) atoms. The van der Waals surface area contributed by atoms with Gasteiger partial charge in [-0.05, 0) is 28.1 Å². The van der Waals surface area contributed by atoms with Crippen LogP contribution in [-0.2, 0) is 0 Å². The Kier molecular flexibility index (Phi) is 2.97. The first-order chi connectivity index (χ1) is 8.79. The van der Waals surface area contributed by atoms with Crippen molar-refractivity contribution in [1.82, 2.24) is 15.0 Å². The van der Waals surface area contributed by atoms with Crippen molar-refractivity contribution < 1.29 is 4.74 Å². The summed E-state index contributed by atoms with van der Waals surface area (Å²) in [5.41, 5.74) is 1.59. The number of pyridine rings is 1. The third kappa shape index (κ3) is 1.87. The predicted molar refractivity (Wildman–Crippen MR) is 74.9 cm³/mol. The van der Waals surface area contributed by atoms with Gasteiger partial charge in [0.2, 0.25) is 5.88 Å². The van der Waals surface area contributed by atoms with Crippen molar-refractivity contribution >= 4 is 37.5 Å². The standard InChI is InChI=1S/C12H8BrN3OS/c1-17-12-10-9(7(13)6-18-10)15-11(16-12)8-4-2-3-5-14-8/h2-6H,1H3. The number of ether oxygens (including phenoxy) is 1. The van der Waals surface area contributed by atoms with Gasteiger partial charge < -0.3 is 4.74 Å². The number of hydrogen-bond acceptors (Lipinski definition) is 5. The molecule has 6 heteroatoms. The highest BCUT2D eigenvalue weighted by Crippen LogP contribution is 2.35. The number of thiophene rings is 1. The van der Waals surface area contributed by atoms with Crippen molar-refractivity contribution in [2.45, 2.75) is 0 Å². The Hall–Kier alpha value is -1.53. The Morgan fingerprint density at radius 1 is 1.28 bits per heavy atom. The molecule has 0 aliphatic rings. The first kappa shape index (κ1) is 11.6. The average Bonchev–Trinajstić information content (AvgIpc) is 2.81. The summed E-state index contributed by atoms with van der Waals surface area (Å²) in [6.07, 6.45) is 1.72. The zero-order valence-electron chi connectivity index (χ0n) is 9.42. The lowest BCUT2D eigenvalue weighted by Crippen LogP contribution is -1.95. The van der Waals surface area contributed by atoms with Crippen LogP contribution in [0.25, 0.3) is 21.7 Å². The number of nitrogens with zero attached hydrogens (tertiary/aromatic N) is 3. The van der Waals surface area contributed by atoms with E-state index in [2.05, 4.69) is 30.9 Å². The fraction of sp³-hybridized carbons (Fsp3) is 0.0833. The topological polar surface area (TPSA) is 47.9 Å². The van der Waals surface area contributed by atoms with E-state index in [1.165, 1.54) is 0 Å². The molecule has 0 N–H and O–H groups in total. The largest absolute Gasteiger partial charge is 0.480 e. The highest BCUT2D eigenvalue weighted by molar-refractivity contribution is 9.10. The molecule has 0 aliphatic carbocycles. The predicted octanol–water partition coefficient (Wildman–Crippen LogP) is 3.52. The molecule has 0 unspecified atom stereocenters. The van der Waals surface area contributed by atoms with Gasteiger partial charge in [0.1, 0.15) is 15.9 Å². The monoisotopic (exact) mass is 321 g/mol. The van der Waals surface area contributed by atoms with Gasteiger partial charge in [0, 0.05) is 11.6 Å². The summed E-state index contributed by atoms with van der Waals surface area (Å²) in [6, 6.07) is 5.64. The minimum atomic E-state index is 0.569. The van der Waals surface area contributed by atoms with E-state index in [4.69, 9.17) is 4.74 Å². The van der Waals surface area contributed by atoms with Crippen LogP contribution in [0.2, 0.25) is 0 Å². The second-order valence-corrected chi connectivity index (χ2v) is 5.27. The van der Waals surface area contributed by atoms with Crippen LogP contribution in [0, 0.1) is 0 Å². The van der Waals surface area contributed by atoms with Crippen LogP contribution in [0.4, 0.5) is 0 Å². The van der Waals surface area contributed by atoms with E-state index in [0.717, 1.165) is 20.4 Å². The van der Waals surface area contributed by atoms with Crippen LogP contribution < -0.4 is 4.74 Å². The molecule has 0 amide bonds. The van der Waals surface area contributed by atoms with Gasteiger partial charge in [-0.1, -0.05) is 6.07 Å². The number of methoxy groups -OCH3 is 1. The van der Waals surface area contributed by atoms with Gasteiger partial charge in [0.25, 0.3) is 0 Å². The highest BCUT2D eigenvalue weighted by Gasteiger charge is 2.14. The third-order valence-electron chi connectivity index (χ3n) is 2.43. The van der Waals surface area contributed by atoms with Gasteiger partial charge >= 0.3 is 0 Å². The normalized spacial score (nSPS) is 10.8. The molecule has 3 aromatic heterocycles. The summed E-state index contributed by atoms with van der Waals surface area (Å²) in [4.78, 5) is 13.2. The molecule has 3 heterocycles. The fourth-order valence-electron chi connectivity index (χ4n) is 1.61. The third-order valence-corrected chi connectivity index (χ3v) is 4.29. The van der Waals surface area contributed by atoms with E-state index in [-0.39, 0.29) is 0 Å². The average molecular weight is 322 g/mol. The molecule has 0 aromatic carbocycles. The lowest BCUT2D eigenvalue weighted by atomic mass is 10.3. The maximum Gasteiger partial charge on any atom is 0.235 e. The fourth-order valence-corrected chi connectivity index (χ4v) is 3.14. The lowest BCUT2D eigenvalue weighted by Gasteiger charge is -2.04. The van der Waals surface area contributed by atoms with Crippen LogP contribution in [-0.4, -0.2) is 22.1 Å². The molecular formula is C12H8BrN3OS. The molecule has 90 valence electrons. The van der Waals surface area contributed by atoms with E-state index >= 15 is 0 Å². The summed E-state index contributed by atoms with van der Waals surface area (Å²) < 4.78 is 7.19. The van der Waals surface area contributed by atoms with Crippen LogP contribution >= 0.6 is 27.3 Å². The summed E-state index contributed by atoms with van der Waals surface area (Å²) in [7, 11) is 1.61. The Bertz CT molecular complexity index is 699. The van der Waals surface area contributed by atoms with Crippen molar-refractivity contribution in [3.05, 3.63) is 34.2 Å². The first-order valence-corrected chi connectivity index (χ1v) is 6.87. The molecule has 0 bridgehead atoms. The Morgan fingerprint density at radius 2 is 2.17 bits per heavy atom. The molecule has 3 rings (SSSR count). The Balaban J connectivity index is 2.28. The van der Waals surface area contributed by atoms with Gasteiger partial charge in [-0.3, -0.25) is 4.98 Å². The molecule has 0 aliphatic heterocycles. The van der Waals surface area contributed by atoms with Crippen molar-refractivity contribution in [3.8, 4) is 17.4 Å². The molecule has 0 saturated heterocycles. The van der Waals surface area contributed by atoms with Gasteiger partial charge in [-0.25, -0.2) is 4.98 Å². The smallest absolute Gasteiger partial charge is 0.235 e. The SMILES string of the molecule is COc1nc(-c2ccccn2)nc2c(Br)csc12. The summed E-state index contributed by atoms with van der Waals surface area (Å²) in [6.45, 7) is 0. The maximum atomic E-state index is 5.31. The van der Waals surface area contributed by atoms with E-state index in [9.17, 15) is 0 Å². The van der Waals surface area contributed by atoms with Crippen molar-refractivity contribution in [2.75, 3.05) is 7.11 Å². The van der Waals surface area contributed by atoms with Crippen LogP contribution in [0.15, 0.2) is 34.2 Å². The van der Waals surface area contributed by atoms with Crippen LogP contribution in [0.5, 0.6) is 5.88 Å². The number of fused-ring (bicyclic) bond motifs is 1. The Labute approximate surface area is 116 Å². The van der Waals surface area contributed by atoms with Crippen molar-refractivity contribution in [1.29, 1.82) is 0 Å². The second-order valence-electron chi connectivity index (χ2n) is 3.53. The molecule has 0 spiro atoms. The molecular weight excluding hydrogens is 314 g/mol. The van der Waals surface area contributed by atoms with E-state index in [0.29, 0.717) is 11.7 Å². The second kappa shape index (κ2) is 4.62. The van der Waals surface area contributed by atoms with Crippen molar-refractivity contribution in [3.63, 3.8) is 0 Å². The quantitative estimate of drug-likeness (QED) is 0.724. The summed E-state index contributed by atoms with van der Waals surface area (Å²) >= 11 is 5.03. The molecule has 0 fully saturated rings. The zero-order chi connectivity index (χ0) is 12.5. The summed E-state index contributed by atoms with van der Waals surface area (Å²) in [5, 5.41) is 1.98. The summed E-state index contributed by atoms with van der Waals surface area (Å²) in [5.74, 6) is 1.15. The highest BCUT2D eigenvalue weighted by atomic mass is 79.9. The number of rotatable bonds is 2. The first-order valence-electron chi connectivity index (χ1n) is 5.19. The van der Waals surface area contributed by atoms with Gasteiger partial charge in [0.15, 0.2) is 5.82 Å². The van der Waals surface area contributed by atoms with Gasteiger partial charge in [0.05, 0.1) is 11.6 Å². The van der Waals surface area contributed by atoms with Crippen LogP contribution in [0.1, 0.15) is 0 Å². The number of hydrogen-bond donors (Lipinski definition) is 0. The number of halogens is 1. The van der Waals surface area contributed by atoms with E-state index in [1.807, 2.05) is 23.6 Å². The maximum absolute atomic E-state index is 5.31. The Morgan fingerprint density at radius 3 is 2.89 bits per heavy atom. The van der Waals surface area contributed by atoms with Crippen LogP contribution in [0.3, 0.4) is 0 Å². The van der Waals surface area contributed by atoms with E-state index in [1.54, 1.807) is 24.6 Å². The minimum Gasteiger partial charge on any atom is -0.480 e. The van der Waals surface area contributed by atoms with E-state index < -0.39 is 0 Å². The number of aromatic nitrogens is 3.